The molecule has 4 nitrogen and oxygen atoms in total. The van der Waals surface area contributed by atoms with Gasteiger partial charge in [-0.2, -0.15) is 0 Å². The quantitative estimate of drug-likeness (QED) is 0.661. The van der Waals surface area contributed by atoms with E-state index in [9.17, 15) is 9.18 Å². The molecule has 0 spiro atoms. The molecule has 1 unspecified atom stereocenters. The molecule has 2 heterocycles. The highest BCUT2D eigenvalue weighted by Crippen LogP contribution is 2.36. The van der Waals surface area contributed by atoms with Crippen molar-refractivity contribution in [2.45, 2.75) is 25.3 Å². The summed E-state index contributed by atoms with van der Waals surface area (Å²) in [6.07, 6.45) is 2.13. The molecule has 1 saturated heterocycles. The minimum absolute atomic E-state index is 0.0306. The number of fused-ring (bicyclic) bond motifs is 1. The number of halogens is 1. The lowest BCUT2D eigenvalue weighted by atomic mass is 10.2. The van der Waals surface area contributed by atoms with Crippen LogP contribution < -0.4 is 4.74 Å². The first-order valence-electron chi connectivity index (χ1n) is 8.74. The first-order chi connectivity index (χ1) is 12.7. The van der Waals surface area contributed by atoms with Gasteiger partial charge in [0.25, 0.3) is 0 Å². The second-order valence-corrected chi connectivity index (χ2v) is 7.36. The average Bonchev–Trinajstić information content (AvgIpc) is 3.29. The van der Waals surface area contributed by atoms with Gasteiger partial charge in [0.2, 0.25) is 5.91 Å². The van der Waals surface area contributed by atoms with E-state index in [4.69, 9.17) is 9.72 Å². The largest absolute Gasteiger partial charge is 0.490 e. The summed E-state index contributed by atoms with van der Waals surface area (Å²) in [7, 11) is 0. The lowest BCUT2D eigenvalue weighted by Gasteiger charge is -2.23. The van der Waals surface area contributed by atoms with Gasteiger partial charge in [-0.3, -0.25) is 4.79 Å². The van der Waals surface area contributed by atoms with Crippen LogP contribution in [-0.4, -0.2) is 28.9 Å². The molecule has 1 fully saturated rings. The summed E-state index contributed by atoms with van der Waals surface area (Å²) >= 11 is 1.65. The Kier molecular flexibility index (Phi) is 4.84. The van der Waals surface area contributed by atoms with E-state index in [-0.39, 0.29) is 30.7 Å². The minimum atomic E-state index is -0.409. The maximum atomic E-state index is 13.6. The van der Waals surface area contributed by atoms with Crippen molar-refractivity contribution in [2.24, 2.45) is 0 Å². The Hall–Kier alpha value is -2.47. The van der Waals surface area contributed by atoms with Crippen molar-refractivity contribution in [3.8, 4) is 5.75 Å². The molecule has 26 heavy (non-hydrogen) atoms. The minimum Gasteiger partial charge on any atom is -0.490 e. The van der Waals surface area contributed by atoms with E-state index >= 15 is 0 Å². The molecule has 1 aliphatic heterocycles. The summed E-state index contributed by atoms with van der Waals surface area (Å²) in [6.45, 7) is 0.905. The molecular formula is C20H19FN2O2S. The molecule has 1 amide bonds. The Morgan fingerprint density at radius 1 is 1.23 bits per heavy atom. The van der Waals surface area contributed by atoms with Gasteiger partial charge in [0.15, 0.2) is 11.6 Å². The molecule has 3 aromatic rings. The van der Waals surface area contributed by atoms with E-state index in [1.165, 1.54) is 6.07 Å². The van der Waals surface area contributed by atoms with E-state index in [1.807, 2.05) is 23.1 Å². The average molecular weight is 370 g/mol. The number of para-hydroxylation sites is 2. The lowest BCUT2D eigenvalue weighted by Crippen LogP contribution is -2.31. The van der Waals surface area contributed by atoms with Gasteiger partial charge in [-0.25, -0.2) is 9.37 Å². The van der Waals surface area contributed by atoms with E-state index in [2.05, 4.69) is 6.07 Å². The van der Waals surface area contributed by atoms with Crippen LogP contribution in [0, 0.1) is 5.82 Å². The van der Waals surface area contributed by atoms with E-state index in [0.717, 1.165) is 34.6 Å². The lowest BCUT2D eigenvalue weighted by molar-refractivity contribution is -0.132. The predicted molar refractivity (Wildman–Crippen MR) is 99.8 cm³/mol. The van der Waals surface area contributed by atoms with Crippen LogP contribution in [-0.2, 0) is 4.79 Å². The van der Waals surface area contributed by atoms with Gasteiger partial charge >= 0.3 is 0 Å². The molecule has 0 radical (unpaired) electrons. The topological polar surface area (TPSA) is 42.4 Å². The van der Waals surface area contributed by atoms with E-state index in [1.54, 1.807) is 29.5 Å². The molecular weight excluding hydrogens is 351 g/mol. The van der Waals surface area contributed by atoms with Crippen LogP contribution in [0.25, 0.3) is 10.2 Å². The number of hydrogen-bond donors (Lipinski definition) is 0. The third-order valence-corrected chi connectivity index (χ3v) is 5.72. The van der Waals surface area contributed by atoms with Crippen molar-refractivity contribution < 1.29 is 13.9 Å². The highest BCUT2D eigenvalue weighted by molar-refractivity contribution is 7.18. The van der Waals surface area contributed by atoms with Crippen molar-refractivity contribution in [3.05, 3.63) is 59.4 Å². The first kappa shape index (κ1) is 17.0. The summed E-state index contributed by atoms with van der Waals surface area (Å²) in [5, 5.41) is 0.993. The molecule has 2 aromatic carbocycles. The maximum Gasteiger partial charge on any atom is 0.226 e. The monoisotopic (exact) mass is 370 g/mol. The zero-order valence-corrected chi connectivity index (χ0v) is 15.0. The highest BCUT2D eigenvalue weighted by atomic mass is 32.1. The molecule has 1 aromatic heterocycles. The number of hydrogen-bond acceptors (Lipinski definition) is 4. The number of nitrogens with zero attached hydrogens (tertiary/aromatic N) is 2. The molecule has 4 rings (SSSR count). The summed E-state index contributed by atoms with van der Waals surface area (Å²) < 4.78 is 20.1. The van der Waals surface area contributed by atoms with Crippen molar-refractivity contribution in [1.29, 1.82) is 0 Å². The van der Waals surface area contributed by atoms with E-state index < -0.39 is 5.82 Å². The zero-order chi connectivity index (χ0) is 17.9. The summed E-state index contributed by atoms with van der Waals surface area (Å²) in [5.41, 5.74) is 0.981. The molecule has 0 saturated carbocycles. The van der Waals surface area contributed by atoms with Crippen LogP contribution in [0.3, 0.4) is 0 Å². The fourth-order valence-corrected chi connectivity index (χ4v) is 4.42. The van der Waals surface area contributed by atoms with Crippen molar-refractivity contribution >= 4 is 27.5 Å². The Morgan fingerprint density at radius 3 is 2.88 bits per heavy atom. The van der Waals surface area contributed by atoms with Crippen LogP contribution >= 0.6 is 11.3 Å². The number of amides is 1. The second-order valence-electron chi connectivity index (χ2n) is 6.29. The second kappa shape index (κ2) is 7.41. The number of carbonyl (C=O) groups excluding carboxylic acids is 1. The molecule has 0 aliphatic carbocycles. The van der Waals surface area contributed by atoms with Gasteiger partial charge in [0.1, 0.15) is 5.01 Å². The Bertz CT molecular complexity index is 894. The highest BCUT2D eigenvalue weighted by Gasteiger charge is 2.31. The SMILES string of the molecule is O=C(CCOc1ccccc1F)N1CCCC1c1nc2ccccc2s1. The molecule has 0 N–H and O–H groups in total. The molecule has 1 aliphatic rings. The normalized spacial score (nSPS) is 17.0. The van der Waals surface area contributed by atoms with Gasteiger partial charge in [0, 0.05) is 6.54 Å². The van der Waals surface area contributed by atoms with Crippen LogP contribution in [0.5, 0.6) is 5.75 Å². The van der Waals surface area contributed by atoms with Crippen molar-refractivity contribution in [3.63, 3.8) is 0 Å². The van der Waals surface area contributed by atoms with Crippen molar-refractivity contribution in [1.82, 2.24) is 9.88 Å². The van der Waals surface area contributed by atoms with Gasteiger partial charge in [-0.1, -0.05) is 24.3 Å². The van der Waals surface area contributed by atoms with Gasteiger partial charge in [0.05, 0.1) is 29.3 Å². The number of likely N-dealkylation sites (tertiary alicyclic amines) is 1. The van der Waals surface area contributed by atoms with Crippen molar-refractivity contribution in [2.75, 3.05) is 13.2 Å². The Labute approximate surface area is 155 Å². The zero-order valence-electron chi connectivity index (χ0n) is 14.2. The van der Waals surface area contributed by atoms with Crippen LogP contribution in [0.15, 0.2) is 48.5 Å². The number of rotatable bonds is 5. The number of benzene rings is 2. The fourth-order valence-electron chi connectivity index (χ4n) is 3.31. The molecule has 0 bridgehead atoms. The number of aromatic nitrogens is 1. The Morgan fingerprint density at radius 2 is 2.04 bits per heavy atom. The van der Waals surface area contributed by atoms with Crippen LogP contribution in [0.2, 0.25) is 0 Å². The first-order valence-corrected chi connectivity index (χ1v) is 9.56. The third kappa shape index (κ3) is 3.42. The molecule has 134 valence electrons. The van der Waals surface area contributed by atoms with Crippen LogP contribution in [0.4, 0.5) is 4.39 Å². The number of carbonyl (C=O) groups is 1. The number of thiazole rings is 1. The standard InChI is InChI=1S/C20H19FN2O2S/c21-14-6-1-3-9-17(14)25-13-11-19(24)23-12-5-8-16(23)20-22-15-7-2-4-10-18(15)26-20/h1-4,6-7,9-10,16H,5,8,11-13H2. The van der Waals surface area contributed by atoms with Gasteiger partial charge < -0.3 is 9.64 Å². The Balaban J connectivity index is 1.41. The smallest absolute Gasteiger partial charge is 0.226 e. The van der Waals surface area contributed by atoms with Gasteiger partial charge in [-0.15, -0.1) is 11.3 Å². The van der Waals surface area contributed by atoms with Crippen LogP contribution in [0.1, 0.15) is 30.3 Å². The molecule has 1 atom stereocenters. The summed E-state index contributed by atoms with van der Waals surface area (Å²) in [4.78, 5) is 19.3. The van der Waals surface area contributed by atoms with Gasteiger partial charge in [-0.05, 0) is 37.1 Å². The third-order valence-electron chi connectivity index (χ3n) is 4.58. The molecule has 6 heteroatoms. The number of ether oxygens (including phenoxy) is 1. The van der Waals surface area contributed by atoms with E-state index in [0.29, 0.717) is 0 Å². The summed E-state index contributed by atoms with van der Waals surface area (Å²) in [6, 6.07) is 14.3. The fraction of sp³-hybridized carbons (Fsp3) is 0.300. The summed E-state index contributed by atoms with van der Waals surface area (Å²) in [5.74, 6) is -0.194. The predicted octanol–water partition coefficient (Wildman–Crippen LogP) is 4.57. The maximum absolute atomic E-state index is 13.6.